The van der Waals surface area contributed by atoms with Gasteiger partial charge < -0.3 is 15.0 Å². The molecule has 0 unspecified atom stereocenters. The van der Waals surface area contributed by atoms with Crippen LogP contribution in [0.1, 0.15) is 0 Å². The van der Waals surface area contributed by atoms with Crippen molar-refractivity contribution in [2.24, 2.45) is 0 Å². The van der Waals surface area contributed by atoms with Gasteiger partial charge in [0.15, 0.2) is 11.6 Å². The van der Waals surface area contributed by atoms with Gasteiger partial charge in [-0.3, -0.25) is 10.1 Å². The first-order valence-corrected chi connectivity index (χ1v) is 5.81. The first-order chi connectivity index (χ1) is 9.45. The average molecular weight is 285 g/mol. The Morgan fingerprint density at radius 2 is 2.00 bits per heavy atom. The Balaban J connectivity index is 1.89. The number of fused-ring (bicyclic) bond motifs is 1. The fraction of sp³-hybridized carbons (Fsp3) is 0.364. The zero-order chi connectivity index (χ0) is 14.4. The predicted octanol–water partition coefficient (Wildman–Crippen LogP) is 1.17. The number of halogens is 2. The van der Waals surface area contributed by atoms with E-state index in [2.05, 4.69) is 5.32 Å². The number of nitro groups is 1. The third kappa shape index (κ3) is 1.91. The van der Waals surface area contributed by atoms with Gasteiger partial charge in [0, 0.05) is 6.54 Å². The van der Waals surface area contributed by atoms with Crippen LogP contribution < -0.4 is 10.2 Å². The number of non-ortho nitro benzene ring substituents is 1. The molecule has 0 aromatic heterocycles. The Morgan fingerprint density at radius 1 is 1.35 bits per heavy atom. The predicted molar refractivity (Wildman–Crippen MR) is 62.4 cm³/mol. The van der Waals surface area contributed by atoms with Crippen molar-refractivity contribution in [2.75, 3.05) is 18.0 Å². The second-order valence-corrected chi connectivity index (χ2v) is 4.61. The summed E-state index contributed by atoms with van der Waals surface area (Å²) in [5.41, 5.74) is -0.990. The minimum absolute atomic E-state index is 0.134. The zero-order valence-corrected chi connectivity index (χ0v) is 10.0. The molecule has 0 saturated carbocycles. The van der Waals surface area contributed by atoms with Crippen LogP contribution in [0.25, 0.3) is 0 Å². The van der Waals surface area contributed by atoms with Gasteiger partial charge in [0.05, 0.1) is 29.6 Å². The summed E-state index contributed by atoms with van der Waals surface area (Å²) >= 11 is 0. The van der Waals surface area contributed by atoms with E-state index in [1.54, 1.807) is 0 Å². The fourth-order valence-electron chi connectivity index (χ4n) is 2.50. The van der Waals surface area contributed by atoms with Crippen LogP contribution >= 0.6 is 0 Å². The number of nitro benzene ring substituents is 1. The first-order valence-electron chi connectivity index (χ1n) is 5.81. The molecule has 1 aromatic carbocycles. The highest BCUT2D eigenvalue weighted by molar-refractivity contribution is 5.71. The molecule has 2 saturated heterocycles. The summed E-state index contributed by atoms with van der Waals surface area (Å²) in [4.78, 5) is 22.0. The van der Waals surface area contributed by atoms with E-state index < -0.39 is 34.4 Å². The SMILES string of the molecule is O=C1N[C@@H]2CN(c3c(F)cc([N+](=O)[O-])cc3F)C[C@@H]2O1. The van der Waals surface area contributed by atoms with Crippen molar-refractivity contribution in [2.45, 2.75) is 12.1 Å². The number of rotatable bonds is 2. The normalized spacial score (nSPS) is 24.3. The number of ether oxygens (including phenoxy) is 1. The van der Waals surface area contributed by atoms with Crippen molar-refractivity contribution in [3.63, 3.8) is 0 Å². The molecule has 2 aliphatic heterocycles. The number of nitrogens with zero attached hydrogens (tertiary/aromatic N) is 2. The molecule has 0 bridgehead atoms. The summed E-state index contributed by atoms with van der Waals surface area (Å²) in [7, 11) is 0. The number of carbonyl (C=O) groups is 1. The van der Waals surface area contributed by atoms with E-state index in [9.17, 15) is 23.7 Å². The number of benzene rings is 1. The van der Waals surface area contributed by atoms with E-state index in [-0.39, 0.29) is 24.8 Å². The van der Waals surface area contributed by atoms with Crippen molar-refractivity contribution in [1.82, 2.24) is 5.32 Å². The lowest BCUT2D eigenvalue weighted by Gasteiger charge is -2.20. The lowest BCUT2D eigenvalue weighted by atomic mass is 10.2. The van der Waals surface area contributed by atoms with Crippen LogP contribution in [0.2, 0.25) is 0 Å². The number of hydrogen-bond acceptors (Lipinski definition) is 5. The van der Waals surface area contributed by atoms with Crippen molar-refractivity contribution < 1.29 is 23.2 Å². The number of amides is 1. The molecule has 1 N–H and O–H groups in total. The van der Waals surface area contributed by atoms with Crippen LogP contribution in [0.5, 0.6) is 0 Å². The van der Waals surface area contributed by atoms with Gasteiger partial charge in [0.25, 0.3) is 5.69 Å². The van der Waals surface area contributed by atoms with Gasteiger partial charge >= 0.3 is 6.09 Å². The van der Waals surface area contributed by atoms with Gasteiger partial charge in [-0.15, -0.1) is 0 Å². The summed E-state index contributed by atoms with van der Waals surface area (Å²) in [5.74, 6) is -2.02. The lowest BCUT2D eigenvalue weighted by Crippen LogP contribution is -2.33. The Bertz CT molecular complexity index is 570. The van der Waals surface area contributed by atoms with Gasteiger partial charge in [-0.05, 0) is 0 Å². The van der Waals surface area contributed by atoms with E-state index in [1.165, 1.54) is 4.90 Å². The first kappa shape index (κ1) is 12.6. The van der Waals surface area contributed by atoms with Crippen molar-refractivity contribution in [3.05, 3.63) is 33.9 Å². The molecule has 0 radical (unpaired) electrons. The van der Waals surface area contributed by atoms with Gasteiger partial charge in [-0.1, -0.05) is 0 Å². The van der Waals surface area contributed by atoms with Gasteiger partial charge in [0.1, 0.15) is 11.8 Å². The summed E-state index contributed by atoms with van der Waals surface area (Å²) in [5, 5.41) is 13.1. The maximum Gasteiger partial charge on any atom is 0.407 e. The topological polar surface area (TPSA) is 84.7 Å². The molecular formula is C11H9F2N3O4. The van der Waals surface area contributed by atoms with Crippen LogP contribution in [-0.2, 0) is 4.74 Å². The van der Waals surface area contributed by atoms with Gasteiger partial charge in [0.2, 0.25) is 0 Å². The molecule has 2 heterocycles. The third-order valence-corrected chi connectivity index (χ3v) is 3.36. The van der Waals surface area contributed by atoms with Crippen molar-refractivity contribution in [3.8, 4) is 0 Å². The molecule has 7 nitrogen and oxygen atoms in total. The summed E-state index contributed by atoms with van der Waals surface area (Å²) < 4.78 is 32.7. The van der Waals surface area contributed by atoms with E-state index in [1.807, 2.05) is 0 Å². The van der Waals surface area contributed by atoms with Gasteiger partial charge in [-0.25, -0.2) is 13.6 Å². The van der Waals surface area contributed by atoms with E-state index in [0.29, 0.717) is 12.1 Å². The fourth-order valence-corrected chi connectivity index (χ4v) is 2.50. The van der Waals surface area contributed by atoms with E-state index >= 15 is 0 Å². The van der Waals surface area contributed by atoms with E-state index in [0.717, 1.165) is 0 Å². The Morgan fingerprint density at radius 3 is 2.55 bits per heavy atom. The average Bonchev–Trinajstić information content (AvgIpc) is 2.84. The molecule has 0 aliphatic carbocycles. The second kappa shape index (κ2) is 4.29. The largest absolute Gasteiger partial charge is 0.442 e. The van der Waals surface area contributed by atoms with Gasteiger partial charge in [-0.2, -0.15) is 0 Å². The van der Waals surface area contributed by atoms with Crippen molar-refractivity contribution in [1.29, 1.82) is 0 Å². The molecule has 20 heavy (non-hydrogen) atoms. The molecule has 106 valence electrons. The standard InChI is InChI=1S/C11H9F2N3O4/c12-6-1-5(16(18)19)2-7(13)10(6)15-3-8-9(4-15)20-11(17)14-8/h1-2,8-9H,3-4H2,(H,14,17)/t8-,9+/m1/s1. The molecule has 0 spiro atoms. The zero-order valence-electron chi connectivity index (χ0n) is 10.0. The summed E-state index contributed by atoms with van der Waals surface area (Å²) in [6, 6.07) is 1.01. The van der Waals surface area contributed by atoms with Crippen LogP contribution in [0.15, 0.2) is 12.1 Å². The molecule has 9 heteroatoms. The maximum atomic E-state index is 13.9. The van der Waals surface area contributed by atoms with Crippen LogP contribution in [0, 0.1) is 21.7 Å². The Labute approximate surface area is 111 Å². The molecule has 3 rings (SSSR count). The molecule has 1 aromatic rings. The van der Waals surface area contributed by atoms with Crippen molar-refractivity contribution >= 4 is 17.5 Å². The van der Waals surface area contributed by atoms with E-state index in [4.69, 9.17) is 4.74 Å². The Hall–Kier alpha value is -2.45. The highest BCUT2D eigenvalue weighted by atomic mass is 19.1. The summed E-state index contributed by atoms with van der Waals surface area (Å²) in [6.07, 6.45) is -1.03. The monoisotopic (exact) mass is 285 g/mol. The lowest BCUT2D eigenvalue weighted by molar-refractivity contribution is -0.385. The Kier molecular flexibility index (Phi) is 2.70. The minimum Gasteiger partial charge on any atom is -0.442 e. The highest BCUT2D eigenvalue weighted by Crippen LogP contribution is 2.32. The smallest absolute Gasteiger partial charge is 0.407 e. The number of carbonyl (C=O) groups excluding carboxylic acids is 1. The quantitative estimate of drug-likeness (QED) is 0.651. The second-order valence-electron chi connectivity index (χ2n) is 4.61. The minimum atomic E-state index is -1.01. The molecule has 1 amide bonds. The number of nitrogens with one attached hydrogen (secondary N) is 1. The van der Waals surface area contributed by atoms with Crippen LogP contribution in [0.3, 0.4) is 0 Å². The maximum absolute atomic E-state index is 13.9. The third-order valence-electron chi connectivity index (χ3n) is 3.36. The molecular weight excluding hydrogens is 276 g/mol. The molecule has 2 fully saturated rings. The number of hydrogen-bond donors (Lipinski definition) is 1. The van der Waals surface area contributed by atoms with Crippen LogP contribution in [0.4, 0.5) is 25.0 Å². The molecule has 2 atom stereocenters. The number of alkyl carbamates (subject to hydrolysis) is 1. The highest BCUT2D eigenvalue weighted by Gasteiger charge is 2.43. The number of anilines is 1. The van der Waals surface area contributed by atoms with Crippen LogP contribution in [-0.4, -0.2) is 36.3 Å². The summed E-state index contributed by atoms with van der Waals surface area (Å²) in [6.45, 7) is 0.317. The molecule has 2 aliphatic rings.